The molecule has 1 aromatic carbocycles. The molecule has 2 amide bonds. The van der Waals surface area contributed by atoms with Gasteiger partial charge in [-0.3, -0.25) is 9.59 Å². The molecule has 0 fully saturated rings. The Morgan fingerprint density at radius 3 is 2.86 bits per heavy atom. The predicted molar refractivity (Wildman–Crippen MR) is 82.6 cm³/mol. The van der Waals surface area contributed by atoms with Crippen LogP contribution < -0.4 is 10.2 Å². The van der Waals surface area contributed by atoms with Crippen LogP contribution in [0.3, 0.4) is 0 Å². The molecular weight excluding hydrogens is 264 g/mol. The molecule has 0 radical (unpaired) electrons. The Bertz CT molecular complexity index is 593. The van der Waals surface area contributed by atoms with Crippen LogP contribution in [0.25, 0.3) is 0 Å². The van der Waals surface area contributed by atoms with Crippen molar-refractivity contribution in [2.75, 3.05) is 18.0 Å². The van der Waals surface area contributed by atoms with E-state index < -0.39 is 0 Å². The van der Waals surface area contributed by atoms with Crippen molar-refractivity contribution in [2.24, 2.45) is 5.92 Å². The van der Waals surface area contributed by atoms with E-state index in [1.807, 2.05) is 17.0 Å². The summed E-state index contributed by atoms with van der Waals surface area (Å²) in [5, 5.41) is 2.98. The van der Waals surface area contributed by atoms with Crippen molar-refractivity contribution in [2.45, 2.75) is 39.5 Å². The van der Waals surface area contributed by atoms with E-state index in [0.717, 1.165) is 42.6 Å². The molecule has 0 unspecified atom stereocenters. The zero-order valence-corrected chi connectivity index (χ0v) is 12.7. The van der Waals surface area contributed by atoms with Gasteiger partial charge in [0, 0.05) is 18.7 Å². The second-order valence-electron chi connectivity index (χ2n) is 6.41. The number of nitrogens with one attached hydrogen (secondary N) is 1. The first-order chi connectivity index (χ1) is 10.1. The van der Waals surface area contributed by atoms with Gasteiger partial charge in [-0.2, -0.15) is 0 Å². The van der Waals surface area contributed by atoms with Crippen LogP contribution in [0.15, 0.2) is 12.1 Å². The standard InChI is InChI=1S/C17H22N2O2/c1-11(2)5-6-18-17(21)14-8-12-4-3-7-19-15(20)10-13(9-14)16(12)19/h8-9,11H,3-7,10H2,1-2H3,(H,18,21). The van der Waals surface area contributed by atoms with Crippen molar-refractivity contribution in [1.82, 2.24) is 5.32 Å². The van der Waals surface area contributed by atoms with Gasteiger partial charge < -0.3 is 10.2 Å². The van der Waals surface area contributed by atoms with Gasteiger partial charge >= 0.3 is 0 Å². The highest BCUT2D eigenvalue weighted by atomic mass is 16.2. The maximum atomic E-state index is 12.3. The molecule has 2 heterocycles. The lowest BCUT2D eigenvalue weighted by atomic mass is 9.96. The fraction of sp³-hybridized carbons (Fsp3) is 0.529. The molecule has 0 aliphatic carbocycles. The smallest absolute Gasteiger partial charge is 0.251 e. The highest BCUT2D eigenvalue weighted by Crippen LogP contribution is 2.37. The van der Waals surface area contributed by atoms with E-state index in [0.29, 0.717) is 24.4 Å². The molecule has 0 atom stereocenters. The summed E-state index contributed by atoms with van der Waals surface area (Å²) in [5.41, 5.74) is 3.94. The molecule has 112 valence electrons. The number of carbonyl (C=O) groups excluding carboxylic acids is 2. The average Bonchev–Trinajstić information content (AvgIpc) is 2.76. The molecule has 1 N–H and O–H groups in total. The van der Waals surface area contributed by atoms with Crippen molar-refractivity contribution >= 4 is 17.5 Å². The molecule has 1 aromatic rings. The largest absolute Gasteiger partial charge is 0.352 e. The van der Waals surface area contributed by atoms with Crippen LogP contribution in [0.5, 0.6) is 0 Å². The molecule has 0 spiro atoms. The fourth-order valence-electron chi connectivity index (χ4n) is 3.19. The molecule has 3 rings (SSSR count). The summed E-state index contributed by atoms with van der Waals surface area (Å²) in [6, 6.07) is 3.86. The molecule has 4 nitrogen and oxygen atoms in total. The van der Waals surface area contributed by atoms with E-state index in [1.54, 1.807) is 0 Å². The Labute approximate surface area is 125 Å². The molecule has 0 aromatic heterocycles. The lowest BCUT2D eigenvalue weighted by Gasteiger charge is -2.25. The van der Waals surface area contributed by atoms with E-state index in [1.165, 1.54) is 0 Å². The average molecular weight is 286 g/mol. The number of anilines is 1. The SMILES string of the molecule is CC(C)CCNC(=O)c1cc2c3c(c1)CC(=O)N3CCC2. The van der Waals surface area contributed by atoms with Crippen LogP contribution in [-0.2, 0) is 17.6 Å². The summed E-state index contributed by atoms with van der Waals surface area (Å²) in [5.74, 6) is 0.729. The minimum absolute atomic E-state index is 0.0221. The summed E-state index contributed by atoms with van der Waals surface area (Å²) in [7, 11) is 0. The third-order valence-corrected chi connectivity index (χ3v) is 4.28. The van der Waals surface area contributed by atoms with Crippen LogP contribution in [-0.4, -0.2) is 24.9 Å². The third-order valence-electron chi connectivity index (χ3n) is 4.28. The fourth-order valence-corrected chi connectivity index (χ4v) is 3.19. The number of hydrogen-bond acceptors (Lipinski definition) is 2. The van der Waals surface area contributed by atoms with Crippen LogP contribution >= 0.6 is 0 Å². The summed E-state index contributed by atoms with van der Waals surface area (Å²) in [4.78, 5) is 26.2. The van der Waals surface area contributed by atoms with Gasteiger partial charge in [-0.1, -0.05) is 13.8 Å². The molecule has 4 heteroatoms. The number of nitrogens with zero attached hydrogens (tertiary/aromatic N) is 1. The first kappa shape index (κ1) is 14.1. The van der Waals surface area contributed by atoms with E-state index in [9.17, 15) is 9.59 Å². The van der Waals surface area contributed by atoms with E-state index in [-0.39, 0.29) is 11.8 Å². The molecular formula is C17H22N2O2. The van der Waals surface area contributed by atoms with Gasteiger partial charge in [0.05, 0.1) is 12.1 Å². The quantitative estimate of drug-likeness (QED) is 0.923. The van der Waals surface area contributed by atoms with Crippen molar-refractivity contribution < 1.29 is 9.59 Å². The summed E-state index contributed by atoms with van der Waals surface area (Å²) < 4.78 is 0. The lowest BCUT2D eigenvalue weighted by molar-refractivity contribution is -0.117. The van der Waals surface area contributed by atoms with Crippen molar-refractivity contribution in [3.8, 4) is 0 Å². The number of carbonyl (C=O) groups is 2. The van der Waals surface area contributed by atoms with Gasteiger partial charge in [-0.05, 0) is 48.4 Å². The Hall–Kier alpha value is -1.84. The van der Waals surface area contributed by atoms with Gasteiger partial charge in [-0.15, -0.1) is 0 Å². The Kier molecular flexibility index (Phi) is 3.70. The van der Waals surface area contributed by atoms with Gasteiger partial charge in [-0.25, -0.2) is 0 Å². The molecule has 0 bridgehead atoms. The maximum Gasteiger partial charge on any atom is 0.251 e. The lowest BCUT2D eigenvalue weighted by Crippen LogP contribution is -2.31. The van der Waals surface area contributed by atoms with Crippen LogP contribution in [0.2, 0.25) is 0 Å². The number of benzene rings is 1. The number of rotatable bonds is 4. The number of aryl methyl sites for hydroxylation is 1. The monoisotopic (exact) mass is 286 g/mol. The minimum Gasteiger partial charge on any atom is -0.352 e. The third kappa shape index (κ3) is 2.67. The summed E-state index contributed by atoms with van der Waals surface area (Å²) in [6.45, 7) is 5.81. The zero-order valence-electron chi connectivity index (χ0n) is 12.7. The molecule has 21 heavy (non-hydrogen) atoms. The Morgan fingerprint density at radius 2 is 2.10 bits per heavy atom. The van der Waals surface area contributed by atoms with Gasteiger partial charge in [0.25, 0.3) is 5.91 Å². The topological polar surface area (TPSA) is 49.4 Å². The second-order valence-corrected chi connectivity index (χ2v) is 6.41. The van der Waals surface area contributed by atoms with Gasteiger partial charge in [0.2, 0.25) is 5.91 Å². The van der Waals surface area contributed by atoms with E-state index in [2.05, 4.69) is 19.2 Å². The summed E-state index contributed by atoms with van der Waals surface area (Å²) in [6.07, 6.45) is 3.36. The van der Waals surface area contributed by atoms with Gasteiger partial charge in [0.15, 0.2) is 0 Å². The normalized spacial score (nSPS) is 16.3. The van der Waals surface area contributed by atoms with Crippen molar-refractivity contribution in [1.29, 1.82) is 0 Å². The van der Waals surface area contributed by atoms with Gasteiger partial charge in [0.1, 0.15) is 0 Å². The highest BCUT2D eigenvalue weighted by molar-refractivity contribution is 6.04. The van der Waals surface area contributed by atoms with Crippen molar-refractivity contribution in [3.63, 3.8) is 0 Å². The molecule has 0 saturated carbocycles. The van der Waals surface area contributed by atoms with Crippen LogP contribution in [0.1, 0.15) is 48.2 Å². The Morgan fingerprint density at radius 1 is 1.33 bits per heavy atom. The van der Waals surface area contributed by atoms with E-state index in [4.69, 9.17) is 0 Å². The minimum atomic E-state index is -0.0221. The maximum absolute atomic E-state index is 12.3. The molecule has 0 saturated heterocycles. The first-order valence-corrected chi connectivity index (χ1v) is 7.80. The molecule has 2 aliphatic rings. The zero-order chi connectivity index (χ0) is 15.0. The first-order valence-electron chi connectivity index (χ1n) is 7.80. The number of hydrogen-bond donors (Lipinski definition) is 1. The predicted octanol–water partition coefficient (Wildman–Crippen LogP) is 2.30. The Balaban J connectivity index is 1.81. The van der Waals surface area contributed by atoms with Crippen molar-refractivity contribution in [3.05, 3.63) is 28.8 Å². The van der Waals surface area contributed by atoms with Crippen LogP contribution in [0, 0.1) is 5.92 Å². The highest BCUT2D eigenvalue weighted by Gasteiger charge is 2.32. The summed E-state index contributed by atoms with van der Waals surface area (Å²) >= 11 is 0. The second kappa shape index (κ2) is 5.51. The number of amides is 2. The van der Waals surface area contributed by atoms with E-state index >= 15 is 0 Å². The van der Waals surface area contributed by atoms with Crippen LogP contribution in [0.4, 0.5) is 5.69 Å². The molecule has 2 aliphatic heterocycles.